The Balaban J connectivity index is 2.12. The lowest BCUT2D eigenvalue weighted by molar-refractivity contribution is -0.143. The molecule has 6 heteroatoms. The topological polar surface area (TPSA) is 90.2 Å². The van der Waals surface area contributed by atoms with Gasteiger partial charge in [0.2, 0.25) is 0 Å². The summed E-state index contributed by atoms with van der Waals surface area (Å²) in [5.74, 6) is -1.71. The minimum absolute atomic E-state index is 0.163. The normalized spacial score (nSPS) is 22.3. The molecule has 0 spiro atoms. The van der Waals surface area contributed by atoms with Gasteiger partial charge in [0.25, 0.3) is 0 Å². The van der Waals surface area contributed by atoms with Crippen molar-refractivity contribution in [2.45, 2.75) is 19.5 Å². The molecule has 0 amide bonds. The average molecular weight is 281 g/mol. The van der Waals surface area contributed by atoms with Crippen molar-refractivity contribution in [3.63, 3.8) is 0 Å². The molecule has 0 aromatic heterocycles. The van der Waals surface area contributed by atoms with E-state index in [1.165, 1.54) is 12.1 Å². The van der Waals surface area contributed by atoms with Gasteiger partial charge in [-0.2, -0.15) is 0 Å². The van der Waals surface area contributed by atoms with E-state index in [0.29, 0.717) is 19.7 Å². The van der Waals surface area contributed by atoms with Gasteiger partial charge in [0, 0.05) is 12.6 Å². The number of phenolic OH excluding ortho intramolecular Hbond substituents is 2. The lowest BCUT2D eigenvalue weighted by Crippen LogP contribution is -2.42. The van der Waals surface area contributed by atoms with Gasteiger partial charge < -0.3 is 20.1 Å². The molecule has 3 N–H and O–H groups in total. The number of likely N-dealkylation sites (N-methyl/N-ethyl adjacent to an activating group) is 1. The van der Waals surface area contributed by atoms with Gasteiger partial charge in [-0.15, -0.1) is 0 Å². The second-order valence-corrected chi connectivity index (χ2v) is 4.94. The van der Waals surface area contributed by atoms with Crippen LogP contribution in [0.2, 0.25) is 0 Å². The number of hydrogen-bond donors (Lipinski definition) is 3. The van der Waals surface area contributed by atoms with Gasteiger partial charge in [-0.25, -0.2) is 0 Å². The maximum atomic E-state index is 11.2. The predicted molar refractivity (Wildman–Crippen MR) is 71.6 cm³/mol. The molecule has 1 aromatic rings. The fourth-order valence-corrected chi connectivity index (χ4v) is 2.50. The van der Waals surface area contributed by atoms with Crippen molar-refractivity contribution < 1.29 is 24.9 Å². The number of rotatable bonds is 5. The third kappa shape index (κ3) is 3.02. The van der Waals surface area contributed by atoms with E-state index < -0.39 is 11.9 Å². The van der Waals surface area contributed by atoms with Crippen LogP contribution in [-0.2, 0) is 16.1 Å². The lowest BCUT2D eigenvalue weighted by Gasteiger charge is -2.29. The van der Waals surface area contributed by atoms with Crippen LogP contribution in [0, 0.1) is 5.92 Å². The Morgan fingerprint density at radius 3 is 2.70 bits per heavy atom. The van der Waals surface area contributed by atoms with Crippen LogP contribution >= 0.6 is 0 Å². The smallest absolute Gasteiger partial charge is 0.310 e. The molecule has 110 valence electrons. The number of carboxylic acid groups (broad SMARTS) is 1. The van der Waals surface area contributed by atoms with Crippen molar-refractivity contribution >= 4 is 5.97 Å². The van der Waals surface area contributed by atoms with Crippen LogP contribution in [0.1, 0.15) is 12.5 Å². The van der Waals surface area contributed by atoms with Crippen LogP contribution in [0.5, 0.6) is 11.5 Å². The first-order valence-corrected chi connectivity index (χ1v) is 6.58. The number of aliphatic carboxylic acids is 1. The summed E-state index contributed by atoms with van der Waals surface area (Å²) in [5, 5.41) is 28.0. The Morgan fingerprint density at radius 1 is 1.35 bits per heavy atom. The van der Waals surface area contributed by atoms with Gasteiger partial charge in [-0.05, 0) is 24.2 Å². The Kier molecular flexibility index (Phi) is 4.46. The van der Waals surface area contributed by atoms with Crippen LogP contribution in [0.15, 0.2) is 18.2 Å². The third-order valence-electron chi connectivity index (χ3n) is 3.67. The van der Waals surface area contributed by atoms with Gasteiger partial charge in [0.15, 0.2) is 11.5 Å². The van der Waals surface area contributed by atoms with Crippen LogP contribution in [0.4, 0.5) is 0 Å². The lowest BCUT2D eigenvalue weighted by atomic mass is 10.0. The summed E-state index contributed by atoms with van der Waals surface area (Å²) in [4.78, 5) is 13.2. The predicted octanol–water partition coefficient (Wildman–Crippen LogP) is 1.02. The van der Waals surface area contributed by atoms with E-state index in [2.05, 4.69) is 0 Å². The number of ether oxygens (including phenoxy) is 1. The highest BCUT2D eigenvalue weighted by molar-refractivity contribution is 5.71. The highest BCUT2D eigenvalue weighted by atomic mass is 16.5. The summed E-state index contributed by atoms with van der Waals surface area (Å²) in [5.41, 5.74) is 0.818. The quantitative estimate of drug-likeness (QED) is 0.698. The van der Waals surface area contributed by atoms with Gasteiger partial charge in [-0.3, -0.25) is 9.69 Å². The number of carboxylic acids is 1. The number of nitrogens with zero attached hydrogens (tertiary/aromatic N) is 1. The van der Waals surface area contributed by atoms with Crippen LogP contribution in [0.25, 0.3) is 0 Å². The molecule has 20 heavy (non-hydrogen) atoms. The SMILES string of the molecule is CCN(Cc1ccc(O)c(O)c1)C1COCC1C(=O)O. The molecule has 1 saturated heterocycles. The number of phenols is 2. The van der Waals surface area contributed by atoms with E-state index in [0.717, 1.165) is 5.56 Å². The van der Waals surface area contributed by atoms with E-state index >= 15 is 0 Å². The van der Waals surface area contributed by atoms with Crippen molar-refractivity contribution in [1.29, 1.82) is 0 Å². The van der Waals surface area contributed by atoms with Crippen molar-refractivity contribution in [2.24, 2.45) is 5.92 Å². The van der Waals surface area contributed by atoms with E-state index in [1.54, 1.807) is 6.07 Å². The number of aromatic hydroxyl groups is 2. The first-order chi connectivity index (χ1) is 9.52. The van der Waals surface area contributed by atoms with Gasteiger partial charge in [0.05, 0.1) is 19.1 Å². The van der Waals surface area contributed by atoms with Gasteiger partial charge in [-0.1, -0.05) is 13.0 Å². The van der Waals surface area contributed by atoms with Crippen LogP contribution in [0.3, 0.4) is 0 Å². The molecule has 2 rings (SSSR count). The summed E-state index contributed by atoms with van der Waals surface area (Å²) in [6.07, 6.45) is 0. The summed E-state index contributed by atoms with van der Waals surface area (Å²) in [6.45, 7) is 3.77. The molecule has 1 aliphatic rings. The number of benzene rings is 1. The monoisotopic (exact) mass is 281 g/mol. The highest BCUT2D eigenvalue weighted by Crippen LogP contribution is 2.27. The molecule has 0 saturated carbocycles. The zero-order valence-electron chi connectivity index (χ0n) is 11.3. The van der Waals surface area contributed by atoms with E-state index in [4.69, 9.17) is 4.74 Å². The Bertz CT molecular complexity index is 490. The van der Waals surface area contributed by atoms with Crippen molar-refractivity contribution in [1.82, 2.24) is 4.90 Å². The highest BCUT2D eigenvalue weighted by Gasteiger charge is 2.37. The van der Waals surface area contributed by atoms with E-state index in [1.807, 2.05) is 11.8 Å². The van der Waals surface area contributed by atoms with E-state index in [-0.39, 0.29) is 24.1 Å². The maximum Gasteiger partial charge on any atom is 0.310 e. The molecule has 0 aliphatic carbocycles. The van der Waals surface area contributed by atoms with Gasteiger partial charge in [0.1, 0.15) is 0 Å². The summed E-state index contributed by atoms with van der Waals surface area (Å²) in [6, 6.07) is 4.46. The molecule has 0 bridgehead atoms. The van der Waals surface area contributed by atoms with Crippen molar-refractivity contribution in [2.75, 3.05) is 19.8 Å². The molecule has 2 atom stereocenters. The zero-order valence-corrected chi connectivity index (χ0v) is 11.3. The largest absolute Gasteiger partial charge is 0.504 e. The minimum Gasteiger partial charge on any atom is -0.504 e. The molecule has 2 unspecified atom stereocenters. The Morgan fingerprint density at radius 2 is 2.10 bits per heavy atom. The molecular weight excluding hydrogens is 262 g/mol. The first kappa shape index (κ1) is 14.6. The maximum absolute atomic E-state index is 11.2. The molecule has 1 fully saturated rings. The standard InChI is InChI=1S/C14H19NO5/c1-2-15(11-8-20-7-10(11)14(18)19)6-9-3-4-12(16)13(17)5-9/h3-5,10-11,16-17H,2,6-8H2,1H3,(H,18,19). The molecule has 1 heterocycles. The molecule has 1 aromatic carbocycles. The average Bonchev–Trinajstić information content (AvgIpc) is 2.89. The summed E-state index contributed by atoms with van der Waals surface area (Å²) < 4.78 is 5.28. The minimum atomic E-state index is -0.848. The molecule has 1 aliphatic heterocycles. The van der Waals surface area contributed by atoms with Gasteiger partial charge >= 0.3 is 5.97 Å². The molecular formula is C14H19NO5. The third-order valence-corrected chi connectivity index (χ3v) is 3.67. The Labute approximate surface area is 117 Å². The summed E-state index contributed by atoms with van der Waals surface area (Å²) >= 11 is 0. The molecule has 0 radical (unpaired) electrons. The first-order valence-electron chi connectivity index (χ1n) is 6.58. The van der Waals surface area contributed by atoms with E-state index in [9.17, 15) is 20.1 Å². The fourth-order valence-electron chi connectivity index (χ4n) is 2.50. The van der Waals surface area contributed by atoms with Crippen molar-refractivity contribution in [3.05, 3.63) is 23.8 Å². The second kappa shape index (κ2) is 6.11. The second-order valence-electron chi connectivity index (χ2n) is 4.94. The zero-order chi connectivity index (χ0) is 14.7. The van der Waals surface area contributed by atoms with Crippen molar-refractivity contribution in [3.8, 4) is 11.5 Å². The van der Waals surface area contributed by atoms with Crippen LogP contribution in [-0.4, -0.2) is 52.0 Å². The number of hydrogen-bond acceptors (Lipinski definition) is 5. The summed E-state index contributed by atoms with van der Waals surface area (Å²) in [7, 11) is 0. The Hall–Kier alpha value is -1.79. The fraction of sp³-hybridized carbons (Fsp3) is 0.500. The van der Waals surface area contributed by atoms with Crippen LogP contribution < -0.4 is 0 Å². The molecule has 6 nitrogen and oxygen atoms in total. The number of carbonyl (C=O) groups is 1.